The van der Waals surface area contributed by atoms with Crippen molar-refractivity contribution in [1.82, 2.24) is 0 Å². The molecule has 7 aromatic rings. The maximum absolute atomic E-state index is 13.6. The lowest BCUT2D eigenvalue weighted by molar-refractivity contribution is -0.137. The number of fused-ring (bicyclic) bond motifs is 6. The molecule has 0 fully saturated rings. The fraction of sp³-hybridized carbons (Fsp3) is 0.0278. The summed E-state index contributed by atoms with van der Waals surface area (Å²) in [6.45, 7) is -2.72. The number of halogens is 3. The van der Waals surface area contributed by atoms with Gasteiger partial charge < -0.3 is 0 Å². The highest BCUT2D eigenvalue weighted by Crippen LogP contribution is 2.48. The zero-order valence-corrected chi connectivity index (χ0v) is 22.4. The summed E-state index contributed by atoms with van der Waals surface area (Å²) in [5.74, 6) is 0. The van der Waals surface area contributed by atoms with Crippen molar-refractivity contribution in [2.24, 2.45) is 0 Å². The second-order valence-corrected chi connectivity index (χ2v) is 13.3. The number of benzene rings is 7. The number of hydrogen-bond donors (Lipinski definition) is 0. The summed E-state index contributed by atoms with van der Waals surface area (Å²) in [4.78, 5) is 0. The monoisotopic (exact) mass is 544 g/mol. The first kappa shape index (κ1) is 24.7. The number of alkyl halides is 3. The van der Waals surface area contributed by atoms with Crippen molar-refractivity contribution in [3.8, 4) is 0 Å². The number of hydrogen-bond acceptors (Lipinski definition) is 0. The standard InChI is InChI=1S/C36H24F3P/c1-40(27-20-18-26(19-21-27)36(37,38)39,34-22-24-10-2-4-12-28(24)30-14-6-8-16-32(30)34)35-23-25-11-3-5-13-29(25)31-15-7-9-17-33(31)35/h2-23H,1H2. The van der Waals surface area contributed by atoms with E-state index in [4.69, 9.17) is 6.30 Å². The molecule has 0 aliphatic carbocycles. The molecule has 7 rings (SSSR count). The molecule has 0 heterocycles. The van der Waals surface area contributed by atoms with Crippen LogP contribution in [0.3, 0.4) is 0 Å². The van der Waals surface area contributed by atoms with E-state index < -0.39 is 18.6 Å². The van der Waals surface area contributed by atoms with Crippen molar-refractivity contribution < 1.29 is 13.2 Å². The second kappa shape index (κ2) is 9.11. The largest absolute Gasteiger partial charge is 0.416 e. The van der Waals surface area contributed by atoms with Crippen LogP contribution in [0.2, 0.25) is 0 Å². The van der Waals surface area contributed by atoms with Gasteiger partial charge in [-0.25, -0.2) is 0 Å². The van der Waals surface area contributed by atoms with Crippen LogP contribution in [-0.2, 0) is 6.18 Å². The van der Waals surface area contributed by atoms with Gasteiger partial charge in [0.25, 0.3) is 0 Å². The lowest BCUT2D eigenvalue weighted by Crippen LogP contribution is -2.27. The van der Waals surface area contributed by atoms with Crippen LogP contribution < -0.4 is 15.9 Å². The van der Waals surface area contributed by atoms with Crippen LogP contribution in [0.5, 0.6) is 0 Å². The minimum atomic E-state index is -4.41. The van der Waals surface area contributed by atoms with Crippen LogP contribution in [-0.4, -0.2) is 6.30 Å². The first-order chi connectivity index (χ1) is 19.4. The first-order valence-electron chi connectivity index (χ1n) is 13.1. The quantitative estimate of drug-likeness (QED) is 0.154. The molecule has 7 aromatic carbocycles. The Morgan fingerprint density at radius 1 is 0.450 bits per heavy atom. The van der Waals surface area contributed by atoms with Crippen LogP contribution in [0, 0.1) is 0 Å². The zero-order valence-electron chi connectivity index (χ0n) is 21.5. The Balaban J connectivity index is 1.66. The highest BCUT2D eigenvalue weighted by Gasteiger charge is 2.32. The van der Waals surface area contributed by atoms with Gasteiger partial charge in [0.05, 0.1) is 5.56 Å². The van der Waals surface area contributed by atoms with Crippen molar-refractivity contribution in [2.45, 2.75) is 6.18 Å². The molecule has 40 heavy (non-hydrogen) atoms. The lowest BCUT2D eigenvalue weighted by atomic mass is 10.0. The van der Waals surface area contributed by atoms with E-state index in [0.717, 1.165) is 59.0 Å². The van der Waals surface area contributed by atoms with Gasteiger partial charge in [-0.05, 0) is 90.2 Å². The summed E-state index contributed by atoms with van der Waals surface area (Å²) in [7, 11) is 0. The molecule has 0 amide bonds. The third-order valence-corrected chi connectivity index (χ3v) is 11.5. The molecule has 0 spiro atoms. The molecule has 0 unspecified atom stereocenters. The van der Waals surface area contributed by atoms with E-state index in [2.05, 4.69) is 60.7 Å². The van der Waals surface area contributed by atoms with E-state index >= 15 is 0 Å². The Hall–Kier alpha value is -4.33. The third-order valence-electron chi connectivity index (χ3n) is 7.95. The topological polar surface area (TPSA) is 0 Å². The smallest absolute Gasteiger partial charge is 0.166 e. The molecule has 0 aliphatic rings. The Morgan fingerprint density at radius 2 is 0.825 bits per heavy atom. The summed E-state index contributed by atoms with van der Waals surface area (Å²) in [5, 5.41) is 11.7. The summed E-state index contributed by atoms with van der Waals surface area (Å²) >= 11 is 0. The molecule has 0 aliphatic heterocycles. The van der Waals surface area contributed by atoms with E-state index in [9.17, 15) is 13.2 Å². The molecule has 0 atom stereocenters. The highest BCUT2D eigenvalue weighted by atomic mass is 31.2. The van der Waals surface area contributed by atoms with Gasteiger partial charge in [0.2, 0.25) is 0 Å². The van der Waals surface area contributed by atoms with Gasteiger partial charge in [-0.3, -0.25) is 0 Å². The van der Waals surface area contributed by atoms with Gasteiger partial charge in [0, 0.05) is 0 Å². The first-order valence-corrected chi connectivity index (χ1v) is 15.1. The normalized spacial score (nSPS) is 12.5. The highest BCUT2D eigenvalue weighted by molar-refractivity contribution is 7.94. The van der Waals surface area contributed by atoms with Crippen molar-refractivity contribution in [1.29, 1.82) is 0 Å². The van der Waals surface area contributed by atoms with Gasteiger partial charge in [0.15, 0.2) is 0 Å². The molecule has 0 saturated carbocycles. The Kier molecular flexibility index (Phi) is 5.63. The van der Waals surface area contributed by atoms with E-state index in [1.807, 2.05) is 48.5 Å². The average molecular weight is 545 g/mol. The summed E-state index contributed by atoms with van der Waals surface area (Å²) in [6, 6.07) is 43.2. The van der Waals surface area contributed by atoms with E-state index in [1.165, 1.54) is 12.1 Å². The number of rotatable bonds is 3. The molecule has 0 nitrogen and oxygen atoms in total. The molecular weight excluding hydrogens is 520 g/mol. The van der Waals surface area contributed by atoms with Gasteiger partial charge in [-0.2, -0.15) is 13.2 Å². The Labute approximate surface area is 230 Å². The van der Waals surface area contributed by atoms with Crippen LogP contribution in [0.15, 0.2) is 133 Å². The lowest BCUT2D eigenvalue weighted by Gasteiger charge is -2.30. The van der Waals surface area contributed by atoms with Gasteiger partial charge in [-0.1, -0.05) is 115 Å². The van der Waals surface area contributed by atoms with Crippen LogP contribution in [0.4, 0.5) is 13.2 Å². The molecule has 0 bridgehead atoms. The molecule has 0 N–H and O–H groups in total. The molecule has 4 heteroatoms. The fourth-order valence-corrected chi connectivity index (χ4v) is 9.42. The van der Waals surface area contributed by atoms with Crippen molar-refractivity contribution >= 4 is 72.2 Å². The predicted molar refractivity (Wildman–Crippen MR) is 167 cm³/mol. The van der Waals surface area contributed by atoms with Crippen molar-refractivity contribution in [2.75, 3.05) is 0 Å². The molecule has 0 radical (unpaired) electrons. The summed E-state index contributed by atoms with van der Waals surface area (Å²) < 4.78 is 40.9. The van der Waals surface area contributed by atoms with Crippen molar-refractivity contribution in [3.63, 3.8) is 0 Å². The Morgan fingerprint density at radius 3 is 1.25 bits per heavy atom. The van der Waals surface area contributed by atoms with Gasteiger partial charge in [0.1, 0.15) is 0 Å². The second-order valence-electron chi connectivity index (χ2n) is 10.2. The maximum atomic E-state index is 13.6. The SMILES string of the molecule is C=P(c1ccc(C(F)(F)F)cc1)(c1cc2ccccc2c2ccccc12)c1cc2ccccc2c2ccccc12. The molecule has 194 valence electrons. The Bertz CT molecular complexity index is 2000. The molecule has 0 aromatic heterocycles. The summed E-state index contributed by atoms with van der Waals surface area (Å²) in [5.41, 5.74) is -0.658. The van der Waals surface area contributed by atoms with Crippen LogP contribution in [0.1, 0.15) is 5.56 Å². The van der Waals surface area contributed by atoms with E-state index in [-0.39, 0.29) is 0 Å². The summed E-state index contributed by atoms with van der Waals surface area (Å²) in [6.07, 6.45) is 0.605. The minimum absolute atomic E-state index is 0.658. The maximum Gasteiger partial charge on any atom is 0.416 e. The molecular formula is C36H24F3P. The van der Waals surface area contributed by atoms with E-state index in [1.54, 1.807) is 12.1 Å². The van der Waals surface area contributed by atoms with E-state index in [0.29, 0.717) is 0 Å². The fourth-order valence-electron chi connectivity index (χ4n) is 6.01. The minimum Gasteiger partial charge on any atom is -0.166 e. The molecule has 0 saturated heterocycles. The average Bonchev–Trinajstić information content (AvgIpc) is 2.99. The third kappa shape index (κ3) is 3.77. The van der Waals surface area contributed by atoms with Gasteiger partial charge in [-0.15, -0.1) is 0 Å². The van der Waals surface area contributed by atoms with Crippen LogP contribution >= 0.6 is 6.89 Å². The van der Waals surface area contributed by atoms with Gasteiger partial charge >= 0.3 is 6.18 Å². The van der Waals surface area contributed by atoms with Crippen molar-refractivity contribution in [3.05, 3.63) is 139 Å². The zero-order chi connectivity index (χ0) is 27.5. The predicted octanol–water partition coefficient (Wildman–Crippen LogP) is 9.04. The van der Waals surface area contributed by atoms with Crippen LogP contribution in [0.25, 0.3) is 43.1 Å².